The molecule has 0 aliphatic heterocycles. The van der Waals surface area contributed by atoms with Crippen molar-refractivity contribution >= 4 is 22.6 Å². The first-order chi connectivity index (χ1) is 7.29. The molecule has 0 saturated heterocycles. The molecule has 15 heavy (non-hydrogen) atoms. The van der Waals surface area contributed by atoms with Crippen LogP contribution in [-0.2, 0) is 4.74 Å². The SMILES string of the molecule is CCOC(C)[C@H](CCI)C1CCCCC1. The highest BCUT2D eigenvalue weighted by atomic mass is 127. The molecule has 90 valence electrons. The second-order valence-corrected chi connectivity index (χ2v) is 5.78. The molecule has 1 aliphatic rings. The van der Waals surface area contributed by atoms with Crippen molar-refractivity contribution in [1.29, 1.82) is 0 Å². The number of rotatable bonds is 6. The van der Waals surface area contributed by atoms with Gasteiger partial charge in [-0.05, 0) is 36.5 Å². The van der Waals surface area contributed by atoms with Crippen molar-refractivity contribution in [3.05, 3.63) is 0 Å². The van der Waals surface area contributed by atoms with Gasteiger partial charge in [-0.2, -0.15) is 0 Å². The van der Waals surface area contributed by atoms with Crippen molar-refractivity contribution in [1.82, 2.24) is 0 Å². The van der Waals surface area contributed by atoms with Crippen LogP contribution in [0.3, 0.4) is 0 Å². The topological polar surface area (TPSA) is 9.23 Å². The molecule has 1 rings (SSSR count). The summed E-state index contributed by atoms with van der Waals surface area (Å²) in [6.07, 6.45) is 9.04. The number of alkyl halides is 1. The van der Waals surface area contributed by atoms with E-state index in [4.69, 9.17) is 4.74 Å². The molecule has 0 N–H and O–H groups in total. The number of hydrogen-bond acceptors (Lipinski definition) is 1. The number of halogens is 1. The monoisotopic (exact) mass is 324 g/mol. The van der Waals surface area contributed by atoms with Gasteiger partial charge in [0.05, 0.1) is 6.10 Å². The van der Waals surface area contributed by atoms with Crippen LogP contribution in [0.25, 0.3) is 0 Å². The molecule has 1 saturated carbocycles. The summed E-state index contributed by atoms with van der Waals surface area (Å²) in [6.45, 7) is 5.25. The summed E-state index contributed by atoms with van der Waals surface area (Å²) in [7, 11) is 0. The Hall–Kier alpha value is 0.690. The molecule has 1 aliphatic carbocycles. The highest BCUT2D eigenvalue weighted by molar-refractivity contribution is 14.1. The van der Waals surface area contributed by atoms with E-state index in [1.54, 1.807) is 0 Å². The first-order valence-corrected chi connectivity index (χ1v) is 7.99. The van der Waals surface area contributed by atoms with E-state index in [-0.39, 0.29) is 0 Å². The fourth-order valence-corrected chi connectivity index (χ4v) is 3.65. The van der Waals surface area contributed by atoms with E-state index in [0.717, 1.165) is 18.4 Å². The molecule has 1 nitrogen and oxygen atoms in total. The Balaban J connectivity index is 2.46. The summed E-state index contributed by atoms with van der Waals surface area (Å²) < 4.78 is 7.08. The van der Waals surface area contributed by atoms with Crippen molar-refractivity contribution in [2.75, 3.05) is 11.0 Å². The second-order valence-electron chi connectivity index (χ2n) is 4.70. The van der Waals surface area contributed by atoms with Gasteiger partial charge in [0.2, 0.25) is 0 Å². The van der Waals surface area contributed by atoms with Gasteiger partial charge in [0.1, 0.15) is 0 Å². The van der Waals surface area contributed by atoms with Gasteiger partial charge >= 0.3 is 0 Å². The quantitative estimate of drug-likeness (QED) is 0.519. The zero-order chi connectivity index (χ0) is 11.1. The minimum atomic E-state index is 0.466. The molecule has 0 heterocycles. The average molecular weight is 324 g/mol. The predicted molar refractivity (Wildman–Crippen MR) is 74.7 cm³/mol. The lowest BCUT2D eigenvalue weighted by atomic mass is 9.76. The maximum atomic E-state index is 5.81. The molecular formula is C13H25IO. The van der Waals surface area contributed by atoms with Crippen molar-refractivity contribution in [2.24, 2.45) is 11.8 Å². The predicted octanol–water partition coefficient (Wildman–Crippen LogP) is 4.43. The molecule has 0 spiro atoms. The van der Waals surface area contributed by atoms with Crippen molar-refractivity contribution < 1.29 is 4.74 Å². The van der Waals surface area contributed by atoms with Gasteiger partial charge in [-0.25, -0.2) is 0 Å². The van der Waals surface area contributed by atoms with Crippen LogP contribution in [0.15, 0.2) is 0 Å². The van der Waals surface area contributed by atoms with Crippen LogP contribution in [0.2, 0.25) is 0 Å². The van der Waals surface area contributed by atoms with Gasteiger partial charge in [-0.3, -0.25) is 0 Å². The molecule has 2 heteroatoms. The standard InChI is InChI=1S/C13H25IO/c1-3-15-11(2)13(9-10-14)12-7-5-4-6-8-12/h11-13H,3-10H2,1-2H3/t11?,13-/m0/s1. The highest BCUT2D eigenvalue weighted by Crippen LogP contribution is 2.34. The fraction of sp³-hybridized carbons (Fsp3) is 1.00. The lowest BCUT2D eigenvalue weighted by Crippen LogP contribution is -2.30. The summed E-state index contributed by atoms with van der Waals surface area (Å²) in [5.41, 5.74) is 0. The number of hydrogen-bond donors (Lipinski definition) is 0. The molecule has 0 aromatic heterocycles. The molecule has 2 atom stereocenters. The highest BCUT2D eigenvalue weighted by Gasteiger charge is 2.27. The van der Waals surface area contributed by atoms with Crippen LogP contribution in [0, 0.1) is 11.8 Å². The largest absolute Gasteiger partial charge is 0.378 e. The van der Waals surface area contributed by atoms with E-state index in [1.807, 2.05) is 0 Å². The summed E-state index contributed by atoms with van der Waals surface area (Å²) in [5.74, 6) is 1.75. The minimum absolute atomic E-state index is 0.466. The van der Waals surface area contributed by atoms with Gasteiger partial charge in [-0.15, -0.1) is 0 Å². The van der Waals surface area contributed by atoms with Crippen LogP contribution in [0.1, 0.15) is 52.4 Å². The third-order valence-electron chi connectivity index (χ3n) is 3.73. The van der Waals surface area contributed by atoms with E-state index in [0.29, 0.717) is 6.10 Å². The van der Waals surface area contributed by atoms with E-state index < -0.39 is 0 Å². The van der Waals surface area contributed by atoms with Crippen LogP contribution < -0.4 is 0 Å². The van der Waals surface area contributed by atoms with Crippen LogP contribution >= 0.6 is 22.6 Å². The molecule has 0 aromatic rings. The summed E-state index contributed by atoms with van der Waals surface area (Å²) >= 11 is 2.50. The molecule has 0 radical (unpaired) electrons. The van der Waals surface area contributed by atoms with Gasteiger partial charge in [-0.1, -0.05) is 54.7 Å². The second kappa shape index (κ2) is 7.88. The van der Waals surface area contributed by atoms with Gasteiger partial charge < -0.3 is 4.74 Å². The molecule has 0 bridgehead atoms. The normalized spacial score (nSPS) is 22.6. The van der Waals surface area contributed by atoms with Crippen molar-refractivity contribution in [3.63, 3.8) is 0 Å². The van der Waals surface area contributed by atoms with Gasteiger partial charge in [0, 0.05) is 6.61 Å². The van der Waals surface area contributed by atoms with Crippen LogP contribution in [-0.4, -0.2) is 17.1 Å². The Morgan fingerprint density at radius 3 is 2.47 bits per heavy atom. The van der Waals surface area contributed by atoms with Crippen LogP contribution in [0.5, 0.6) is 0 Å². The van der Waals surface area contributed by atoms with Crippen molar-refractivity contribution in [3.8, 4) is 0 Å². The Kier molecular flexibility index (Phi) is 7.23. The van der Waals surface area contributed by atoms with Crippen LogP contribution in [0.4, 0.5) is 0 Å². The van der Waals surface area contributed by atoms with Crippen molar-refractivity contribution in [2.45, 2.75) is 58.5 Å². The average Bonchev–Trinajstić information content (AvgIpc) is 2.27. The Labute approximate surface area is 108 Å². The molecule has 1 unspecified atom stereocenters. The third-order valence-corrected chi connectivity index (χ3v) is 4.35. The molecule has 0 amide bonds. The zero-order valence-corrected chi connectivity index (χ0v) is 12.3. The fourth-order valence-electron chi connectivity index (χ4n) is 2.93. The summed E-state index contributed by atoms with van der Waals surface area (Å²) in [4.78, 5) is 0. The lowest BCUT2D eigenvalue weighted by molar-refractivity contribution is 0.00342. The first kappa shape index (κ1) is 13.8. The summed E-state index contributed by atoms with van der Waals surface area (Å²) in [5, 5.41) is 0. The van der Waals surface area contributed by atoms with Gasteiger partial charge in [0.15, 0.2) is 0 Å². The molecular weight excluding hydrogens is 299 g/mol. The maximum absolute atomic E-state index is 5.81. The Bertz CT molecular complexity index is 155. The molecule has 1 fully saturated rings. The Morgan fingerprint density at radius 2 is 1.93 bits per heavy atom. The third kappa shape index (κ3) is 4.59. The Morgan fingerprint density at radius 1 is 1.27 bits per heavy atom. The minimum Gasteiger partial charge on any atom is -0.378 e. The van der Waals surface area contributed by atoms with E-state index in [1.165, 1.54) is 43.0 Å². The van der Waals surface area contributed by atoms with E-state index >= 15 is 0 Å². The van der Waals surface area contributed by atoms with Gasteiger partial charge in [0.25, 0.3) is 0 Å². The zero-order valence-electron chi connectivity index (χ0n) is 10.2. The lowest BCUT2D eigenvalue weighted by Gasteiger charge is -2.34. The maximum Gasteiger partial charge on any atom is 0.0577 e. The van der Waals surface area contributed by atoms with E-state index in [2.05, 4.69) is 36.4 Å². The smallest absolute Gasteiger partial charge is 0.0577 e. The molecule has 0 aromatic carbocycles. The summed E-state index contributed by atoms with van der Waals surface area (Å²) in [6, 6.07) is 0. The first-order valence-electron chi connectivity index (χ1n) is 6.47. The number of ether oxygens (including phenoxy) is 1. The van der Waals surface area contributed by atoms with E-state index in [9.17, 15) is 0 Å².